The first-order chi connectivity index (χ1) is 12.6. The number of halogens is 1. The van der Waals surface area contributed by atoms with E-state index in [0.717, 1.165) is 16.8 Å². The molecule has 4 nitrogen and oxygen atoms in total. The van der Waals surface area contributed by atoms with Gasteiger partial charge in [0.15, 0.2) is 0 Å². The third kappa shape index (κ3) is 4.39. The van der Waals surface area contributed by atoms with Gasteiger partial charge in [0.25, 0.3) is 0 Å². The predicted octanol–water partition coefficient (Wildman–Crippen LogP) is 4.17. The molecule has 1 unspecified atom stereocenters. The SMILES string of the molecule is CC(NC(=O)/C=C/c1ccccc1F)c1cccc(-c2cnccn2)c1. The summed E-state index contributed by atoms with van der Waals surface area (Å²) in [5.74, 6) is -0.646. The number of benzene rings is 2. The fourth-order valence-corrected chi connectivity index (χ4v) is 2.54. The van der Waals surface area contributed by atoms with Gasteiger partial charge in [0.05, 0.1) is 17.9 Å². The maximum absolute atomic E-state index is 13.6. The molecule has 1 N–H and O–H groups in total. The van der Waals surface area contributed by atoms with Gasteiger partial charge in [0.2, 0.25) is 5.91 Å². The summed E-state index contributed by atoms with van der Waals surface area (Å²) in [7, 11) is 0. The lowest BCUT2D eigenvalue weighted by Gasteiger charge is -2.14. The van der Waals surface area contributed by atoms with Crippen LogP contribution >= 0.6 is 0 Å². The molecule has 0 saturated heterocycles. The van der Waals surface area contributed by atoms with E-state index in [0.29, 0.717) is 5.56 Å². The van der Waals surface area contributed by atoms with Crippen LogP contribution in [-0.4, -0.2) is 15.9 Å². The quantitative estimate of drug-likeness (QED) is 0.705. The second kappa shape index (κ2) is 8.16. The van der Waals surface area contributed by atoms with Crippen molar-refractivity contribution in [3.8, 4) is 11.3 Å². The molecule has 1 amide bonds. The van der Waals surface area contributed by atoms with Gasteiger partial charge in [-0.3, -0.25) is 14.8 Å². The van der Waals surface area contributed by atoms with Crippen LogP contribution < -0.4 is 5.32 Å². The Bertz CT molecular complexity index is 925. The van der Waals surface area contributed by atoms with E-state index in [-0.39, 0.29) is 17.8 Å². The second-order valence-corrected chi connectivity index (χ2v) is 5.80. The van der Waals surface area contributed by atoms with Gasteiger partial charge >= 0.3 is 0 Å². The Labute approximate surface area is 151 Å². The molecular weight excluding hydrogens is 329 g/mol. The molecule has 3 rings (SSSR count). The van der Waals surface area contributed by atoms with Crippen LogP contribution in [0.3, 0.4) is 0 Å². The minimum atomic E-state index is -0.360. The van der Waals surface area contributed by atoms with E-state index in [2.05, 4.69) is 15.3 Å². The van der Waals surface area contributed by atoms with Crippen LogP contribution in [0.15, 0.2) is 73.2 Å². The maximum Gasteiger partial charge on any atom is 0.244 e. The van der Waals surface area contributed by atoms with Gasteiger partial charge in [0.1, 0.15) is 5.82 Å². The van der Waals surface area contributed by atoms with E-state index in [1.807, 2.05) is 31.2 Å². The molecule has 1 aromatic heterocycles. The van der Waals surface area contributed by atoms with Crippen LogP contribution in [0.2, 0.25) is 0 Å². The normalized spacial score (nSPS) is 12.1. The Morgan fingerprint density at radius 3 is 2.77 bits per heavy atom. The first-order valence-electron chi connectivity index (χ1n) is 8.23. The van der Waals surface area contributed by atoms with Crippen molar-refractivity contribution in [2.45, 2.75) is 13.0 Å². The van der Waals surface area contributed by atoms with E-state index >= 15 is 0 Å². The average molecular weight is 347 g/mol. The largest absolute Gasteiger partial charge is 0.346 e. The van der Waals surface area contributed by atoms with Crippen molar-refractivity contribution in [3.63, 3.8) is 0 Å². The molecule has 1 atom stereocenters. The number of rotatable bonds is 5. The minimum Gasteiger partial charge on any atom is -0.346 e. The predicted molar refractivity (Wildman–Crippen MR) is 99.5 cm³/mol. The van der Waals surface area contributed by atoms with Crippen LogP contribution in [0.1, 0.15) is 24.1 Å². The molecule has 0 fully saturated rings. The van der Waals surface area contributed by atoms with Gasteiger partial charge in [0, 0.05) is 29.6 Å². The van der Waals surface area contributed by atoms with E-state index < -0.39 is 0 Å². The number of amides is 1. The van der Waals surface area contributed by atoms with Crippen LogP contribution in [0.25, 0.3) is 17.3 Å². The molecular formula is C21H18FN3O. The van der Waals surface area contributed by atoms with Crippen molar-refractivity contribution in [3.05, 3.63) is 90.1 Å². The van der Waals surface area contributed by atoms with Gasteiger partial charge in [-0.1, -0.05) is 36.4 Å². The van der Waals surface area contributed by atoms with Crippen LogP contribution in [0.4, 0.5) is 4.39 Å². The van der Waals surface area contributed by atoms with Crippen LogP contribution in [0.5, 0.6) is 0 Å². The Balaban J connectivity index is 1.69. The highest BCUT2D eigenvalue weighted by molar-refractivity contribution is 5.92. The fourth-order valence-electron chi connectivity index (χ4n) is 2.54. The molecule has 0 aliphatic rings. The number of carbonyl (C=O) groups is 1. The molecule has 2 aromatic carbocycles. The number of nitrogens with zero attached hydrogens (tertiary/aromatic N) is 2. The van der Waals surface area contributed by atoms with E-state index in [4.69, 9.17) is 0 Å². The second-order valence-electron chi connectivity index (χ2n) is 5.80. The Hall–Kier alpha value is -3.34. The zero-order valence-electron chi connectivity index (χ0n) is 14.3. The van der Waals surface area contributed by atoms with E-state index in [1.165, 1.54) is 18.2 Å². The molecule has 0 spiro atoms. The molecule has 0 aliphatic heterocycles. The molecule has 130 valence electrons. The lowest BCUT2D eigenvalue weighted by atomic mass is 10.0. The van der Waals surface area contributed by atoms with Crippen molar-refractivity contribution < 1.29 is 9.18 Å². The van der Waals surface area contributed by atoms with Crippen molar-refractivity contribution in [2.75, 3.05) is 0 Å². The minimum absolute atomic E-state index is 0.204. The molecule has 3 aromatic rings. The molecule has 26 heavy (non-hydrogen) atoms. The van der Waals surface area contributed by atoms with Crippen molar-refractivity contribution in [1.29, 1.82) is 0 Å². The summed E-state index contributed by atoms with van der Waals surface area (Å²) >= 11 is 0. The smallest absolute Gasteiger partial charge is 0.244 e. The summed E-state index contributed by atoms with van der Waals surface area (Å²) in [6, 6.07) is 13.9. The Morgan fingerprint density at radius 1 is 1.15 bits per heavy atom. The van der Waals surface area contributed by atoms with Gasteiger partial charge in [-0.2, -0.15) is 0 Å². The highest BCUT2D eigenvalue weighted by atomic mass is 19.1. The number of aromatic nitrogens is 2. The highest BCUT2D eigenvalue weighted by Gasteiger charge is 2.09. The van der Waals surface area contributed by atoms with Crippen LogP contribution in [-0.2, 0) is 4.79 Å². The van der Waals surface area contributed by atoms with Gasteiger partial charge in [-0.15, -0.1) is 0 Å². The molecule has 0 aliphatic carbocycles. The fraction of sp³-hybridized carbons (Fsp3) is 0.0952. The van der Waals surface area contributed by atoms with E-state index in [9.17, 15) is 9.18 Å². The first kappa shape index (κ1) is 17.5. The Morgan fingerprint density at radius 2 is 2.00 bits per heavy atom. The highest BCUT2D eigenvalue weighted by Crippen LogP contribution is 2.21. The van der Waals surface area contributed by atoms with Gasteiger partial charge in [-0.25, -0.2) is 4.39 Å². The molecule has 0 bridgehead atoms. The van der Waals surface area contributed by atoms with Crippen molar-refractivity contribution >= 4 is 12.0 Å². The van der Waals surface area contributed by atoms with Crippen LogP contribution in [0, 0.1) is 5.82 Å². The van der Waals surface area contributed by atoms with Gasteiger partial charge in [-0.05, 0) is 30.7 Å². The molecule has 0 saturated carbocycles. The summed E-state index contributed by atoms with van der Waals surface area (Å²) in [4.78, 5) is 20.5. The number of hydrogen-bond donors (Lipinski definition) is 1. The molecule has 0 radical (unpaired) electrons. The third-order valence-electron chi connectivity index (χ3n) is 3.92. The summed E-state index contributed by atoms with van der Waals surface area (Å²) in [6.45, 7) is 1.89. The van der Waals surface area contributed by atoms with E-state index in [1.54, 1.807) is 36.8 Å². The molecule has 1 heterocycles. The van der Waals surface area contributed by atoms with Crippen molar-refractivity contribution in [2.24, 2.45) is 0 Å². The summed E-state index contributed by atoms with van der Waals surface area (Å²) in [5, 5.41) is 2.88. The summed E-state index contributed by atoms with van der Waals surface area (Å²) in [6.07, 6.45) is 7.76. The lowest BCUT2D eigenvalue weighted by molar-refractivity contribution is -0.117. The van der Waals surface area contributed by atoms with Gasteiger partial charge < -0.3 is 5.32 Å². The third-order valence-corrected chi connectivity index (χ3v) is 3.92. The summed E-state index contributed by atoms with van der Waals surface area (Å²) in [5.41, 5.74) is 3.02. The average Bonchev–Trinajstić information content (AvgIpc) is 2.68. The number of nitrogens with one attached hydrogen (secondary N) is 1. The number of hydrogen-bond acceptors (Lipinski definition) is 3. The van der Waals surface area contributed by atoms with Crippen molar-refractivity contribution in [1.82, 2.24) is 15.3 Å². The number of carbonyl (C=O) groups excluding carboxylic acids is 1. The summed E-state index contributed by atoms with van der Waals surface area (Å²) < 4.78 is 13.6. The maximum atomic E-state index is 13.6. The molecule has 5 heteroatoms. The first-order valence-corrected chi connectivity index (χ1v) is 8.23. The monoisotopic (exact) mass is 347 g/mol. The standard InChI is InChI=1S/C21H18FN3O/c1-15(25-21(26)10-9-16-5-2-3-8-19(16)22)17-6-4-7-18(13-17)20-14-23-11-12-24-20/h2-15H,1H3,(H,25,26)/b10-9+. The lowest BCUT2D eigenvalue weighted by Crippen LogP contribution is -2.24. The zero-order valence-corrected chi connectivity index (χ0v) is 14.3. The Kier molecular flexibility index (Phi) is 5.49. The zero-order chi connectivity index (χ0) is 18.4. The topological polar surface area (TPSA) is 54.9 Å².